The highest BCUT2D eigenvalue weighted by Gasteiger charge is 1.95. The lowest BCUT2D eigenvalue weighted by molar-refractivity contribution is 1.26. The summed E-state index contributed by atoms with van der Waals surface area (Å²) in [6.45, 7) is 0. The van der Waals surface area contributed by atoms with Crippen LogP contribution in [0.25, 0.3) is 11.0 Å². The smallest absolute Gasteiger partial charge is 0.181 e. The molecule has 2 aromatic rings. The van der Waals surface area contributed by atoms with Gasteiger partial charge in [0.15, 0.2) is 5.82 Å². The van der Waals surface area contributed by atoms with Crippen LogP contribution in [0.3, 0.4) is 0 Å². The van der Waals surface area contributed by atoms with Gasteiger partial charge in [-0.3, -0.25) is 4.98 Å². The van der Waals surface area contributed by atoms with Gasteiger partial charge in [0.1, 0.15) is 0 Å². The summed E-state index contributed by atoms with van der Waals surface area (Å²) in [5.41, 5.74) is 1.67. The average Bonchev–Trinajstić information content (AvgIpc) is 2.18. The van der Waals surface area contributed by atoms with Crippen LogP contribution in [0.5, 0.6) is 0 Å². The van der Waals surface area contributed by atoms with E-state index >= 15 is 0 Å². The highest BCUT2D eigenvalue weighted by molar-refractivity contribution is 7.78. The van der Waals surface area contributed by atoms with Gasteiger partial charge in [-0.05, 0) is 24.4 Å². The summed E-state index contributed by atoms with van der Waals surface area (Å²) < 4.78 is 0. The minimum Gasteiger partial charge on any atom is -0.251 e. The molecule has 0 amide bonds. The first-order chi connectivity index (χ1) is 6.40. The molecule has 0 aliphatic heterocycles. The minimum absolute atomic E-state index is 0.494. The topological polar surface area (TPSA) is 38.1 Å². The third kappa shape index (κ3) is 1.59. The first-order valence-corrected chi connectivity index (χ1v) is 4.10. The molecule has 0 aliphatic carbocycles. The Kier molecular flexibility index (Phi) is 2.08. The van der Waals surface area contributed by atoms with Gasteiger partial charge in [-0.1, -0.05) is 12.1 Å². The van der Waals surface area contributed by atoms with Gasteiger partial charge in [0.2, 0.25) is 0 Å². The van der Waals surface area contributed by atoms with E-state index in [1.54, 1.807) is 6.20 Å². The zero-order valence-electron chi connectivity index (χ0n) is 6.64. The van der Waals surface area contributed by atoms with Gasteiger partial charge in [-0.25, -0.2) is 4.98 Å². The van der Waals surface area contributed by atoms with Gasteiger partial charge in [0.25, 0.3) is 0 Å². The van der Waals surface area contributed by atoms with E-state index in [0.717, 1.165) is 11.0 Å². The number of benzene rings is 1. The molecule has 0 atom stereocenters. The van der Waals surface area contributed by atoms with Gasteiger partial charge in [0, 0.05) is 0 Å². The first kappa shape index (κ1) is 7.98. The summed E-state index contributed by atoms with van der Waals surface area (Å²) in [5.74, 6) is 0.494. The Morgan fingerprint density at radius 3 is 2.77 bits per heavy atom. The van der Waals surface area contributed by atoms with Crippen molar-refractivity contribution in [2.75, 3.05) is 0 Å². The molecular formula is C9H5N3S. The second-order valence-electron chi connectivity index (χ2n) is 2.42. The molecule has 4 heteroatoms. The number of nitrogens with zero attached hydrogens (tertiary/aromatic N) is 3. The van der Waals surface area contributed by atoms with Crippen molar-refractivity contribution in [1.29, 1.82) is 0 Å². The second kappa shape index (κ2) is 3.39. The molecule has 1 aromatic carbocycles. The normalized spacial score (nSPS) is 9.54. The summed E-state index contributed by atoms with van der Waals surface area (Å²) in [5, 5.41) is 2.25. The average molecular weight is 187 g/mol. The molecule has 0 aliphatic rings. The van der Waals surface area contributed by atoms with Crippen molar-refractivity contribution < 1.29 is 0 Å². The lowest BCUT2D eigenvalue weighted by Crippen LogP contribution is -1.81. The van der Waals surface area contributed by atoms with Crippen molar-refractivity contribution in [2.24, 2.45) is 4.99 Å². The number of hydrogen-bond donors (Lipinski definition) is 0. The Morgan fingerprint density at radius 2 is 2.00 bits per heavy atom. The number of para-hydroxylation sites is 2. The van der Waals surface area contributed by atoms with E-state index in [9.17, 15) is 0 Å². The molecule has 0 spiro atoms. The molecule has 3 nitrogen and oxygen atoms in total. The Balaban J connectivity index is 2.68. The molecule has 0 fully saturated rings. The molecule has 0 bridgehead atoms. The number of aliphatic imine (C=N–C) groups is 1. The zero-order chi connectivity index (χ0) is 9.10. The molecule has 13 heavy (non-hydrogen) atoms. The van der Waals surface area contributed by atoms with Crippen LogP contribution in [0.4, 0.5) is 5.82 Å². The molecule has 0 radical (unpaired) electrons. The molecular weight excluding hydrogens is 182 g/mol. The molecule has 1 heterocycles. The fourth-order valence-electron chi connectivity index (χ4n) is 1.05. The van der Waals surface area contributed by atoms with Gasteiger partial charge in [-0.15, -0.1) is 0 Å². The standard InChI is InChI=1S/C9H5N3S/c13-6-11-9-5-10-7-3-1-2-4-8(7)12-9/h1-5H. The van der Waals surface area contributed by atoms with Gasteiger partial charge < -0.3 is 0 Å². The second-order valence-corrected chi connectivity index (χ2v) is 2.60. The van der Waals surface area contributed by atoms with Crippen LogP contribution < -0.4 is 0 Å². The van der Waals surface area contributed by atoms with Crippen molar-refractivity contribution in [3.05, 3.63) is 30.5 Å². The van der Waals surface area contributed by atoms with E-state index in [-0.39, 0.29) is 0 Å². The predicted octanol–water partition coefficient (Wildman–Crippen LogP) is 2.36. The maximum atomic E-state index is 4.47. The number of aromatic nitrogens is 2. The summed E-state index contributed by atoms with van der Waals surface area (Å²) >= 11 is 4.47. The molecule has 62 valence electrons. The largest absolute Gasteiger partial charge is 0.251 e. The van der Waals surface area contributed by atoms with Crippen LogP contribution in [-0.2, 0) is 0 Å². The van der Waals surface area contributed by atoms with Crippen molar-refractivity contribution in [3.63, 3.8) is 0 Å². The van der Waals surface area contributed by atoms with Crippen molar-refractivity contribution in [1.82, 2.24) is 9.97 Å². The van der Waals surface area contributed by atoms with Gasteiger partial charge in [0.05, 0.1) is 22.4 Å². The van der Waals surface area contributed by atoms with Crippen molar-refractivity contribution in [2.45, 2.75) is 0 Å². The molecule has 0 N–H and O–H groups in total. The van der Waals surface area contributed by atoms with Crippen molar-refractivity contribution >= 4 is 34.2 Å². The zero-order valence-corrected chi connectivity index (χ0v) is 7.45. The number of isothiocyanates is 1. The highest BCUT2D eigenvalue weighted by Crippen LogP contribution is 2.12. The number of fused-ring (bicyclic) bond motifs is 1. The van der Waals surface area contributed by atoms with Crippen LogP contribution in [-0.4, -0.2) is 15.1 Å². The SMILES string of the molecule is S=C=Nc1cnc2ccccc2n1. The fourth-order valence-corrected chi connectivity index (χ4v) is 1.14. The van der Waals surface area contributed by atoms with Crippen LogP contribution in [0, 0.1) is 0 Å². The number of rotatable bonds is 1. The Morgan fingerprint density at radius 1 is 1.23 bits per heavy atom. The number of hydrogen-bond acceptors (Lipinski definition) is 4. The third-order valence-corrected chi connectivity index (χ3v) is 1.69. The van der Waals surface area contributed by atoms with Crippen LogP contribution in [0.2, 0.25) is 0 Å². The van der Waals surface area contributed by atoms with E-state index in [2.05, 4.69) is 32.3 Å². The Bertz CT molecular complexity index is 489. The van der Waals surface area contributed by atoms with E-state index in [4.69, 9.17) is 0 Å². The van der Waals surface area contributed by atoms with Crippen LogP contribution >= 0.6 is 12.2 Å². The van der Waals surface area contributed by atoms with Crippen molar-refractivity contribution in [3.8, 4) is 0 Å². The first-order valence-electron chi connectivity index (χ1n) is 3.70. The molecule has 0 unspecified atom stereocenters. The summed E-state index contributed by atoms with van der Waals surface area (Å²) in [4.78, 5) is 12.1. The van der Waals surface area contributed by atoms with Gasteiger partial charge in [-0.2, -0.15) is 4.99 Å². The van der Waals surface area contributed by atoms with E-state index in [1.807, 2.05) is 24.3 Å². The lowest BCUT2D eigenvalue weighted by Gasteiger charge is -1.94. The minimum atomic E-state index is 0.494. The predicted molar refractivity (Wildman–Crippen MR) is 54.2 cm³/mol. The maximum Gasteiger partial charge on any atom is 0.181 e. The fraction of sp³-hybridized carbons (Fsp3) is 0. The quantitative estimate of drug-likeness (QED) is 0.508. The van der Waals surface area contributed by atoms with Gasteiger partial charge >= 0.3 is 0 Å². The summed E-state index contributed by atoms with van der Waals surface area (Å²) in [6.07, 6.45) is 1.57. The maximum absolute atomic E-state index is 4.47. The summed E-state index contributed by atoms with van der Waals surface area (Å²) in [6, 6.07) is 7.60. The Hall–Kier alpha value is -1.64. The van der Waals surface area contributed by atoms with E-state index in [1.165, 1.54) is 0 Å². The summed E-state index contributed by atoms with van der Waals surface area (Å²) in [7, 11) is 0. The van der Waals surface area contributed by atoms with Crippen LogP contribution in [0.15, 0.2) is 35.5 Å². The molecule has 0 saturated carbocycles. The monoisotopic (exact) mass is 187 g/mol. The molecule has 0 saturated heterocycles. The van der Waals surface area contributed by atoms with Crippen LogP contribution in [0.1, 0.15) is 0 Å². The number of thiocarbonyl (C=S) groups is 1. The van der Waals surface area contributed by atoms with E-state index < -0.39 is 0 Å². The molecule has 1 aromatic heterocycles. The third-order valence-electron chi connectivity index (χ3n) is 1.60. The Labute approximate surface area is 80.2 Å². The lowest BCUT2D eigenvalue weighted by atomic mass is 10.3. The highest BCUT2D eigenvalue weighted by atomic mass is 32.1. The van der Waals surface area contributed by atoms with E-state index in [0.29, 0.717) is 5.82 Å². The molecule has 2 rings (SSSR count).